The molecule has 218 valence electrons. The summed E-state index contributed by atoms with van der Waals surface area (Å²) in [6.45, 7) is 4.93. The maximum Gasteiger partial charge on any atom is 0.123 e. The van der Waals surface area contributed by atoms with E-state index in [1.807, 2.05) is 0 Å². The van der Waals surface area contributed by atoms with E-state index in [9.17, 15) is 0 Å². The van der Waals surface area contributed by atoms with Crippen molar-refractivity contribution in [1.29, 1.82) is 0 Å². The number of hydrogen-bond donors (Lipinski definition) is 0. The van der Waals surface area contributed by atoms with E-state index >= 15 is 0 Å². The lowest BCUT2D eigenvalue weighted by Gasteiger charge is -2.36. The zero-order chi connectivity index (χ0) is 28.4. The molecule has 43 heavy (non-hydrogen) atoms. The first-order valence-electron chi connectivity index (χ1n) is 15.4. The molecule has 4 heterocycles. The van der Waals surface area contributed by atoms with Crippen LogP contribution in [0.3, 0.4) is 0 Å². The summed E-state index contributed by atoms with van der Waals surface area (Å²) in [6.07, 6.45) is 1.47. The Morgan fingerprint density at radius 1 is 0.605 bits per heavy atom. The normalized spacial score (nSPS) is 24.0. The summed E-state index contributed by atoms with van der Waals surface area (Å²) in [5, 5.41) is 0. The van der Waals surface area contributed by atoms with Crippen LogP contribution in [0, 0.1) is 0 Å². The number of benzene rings is 4. The van der Waals surface area contributed by atoms with E-state index in [1.54, 1.807) is 0 Å². The molecule has 0 aromatic heterocycles. The first-order chi connectivity index (χ1) is 21.3. The van der Waals surface area contributed by atoms with Crippen molar-refractivity contribution in [3.8, 4) is 22.6 Å². The van der Waals surface area contributed by atoms with E-state index in [0.29, 0.717) is 32.3 Å². The van der Waals surface area contributed by atoms with Gasteiger partial charge in [-0.05, 0) is 51.1 Å². The molecule has 3 atom stereocenters. The van der Waals surface area contributed by atoms with Crippen molar-refractivity contribution in [2.45, 2.75) is 36.1 Å². The van der Waals surface area contributed by atoms with Crippen molar-refractivity contribution < 1.29 is 28.4 Å². The molecule has 9 rings (SSSR count). The summed E-state index contributed by atoms with van der Waals surface area (Å²) < 4.78 is 34.9. The number of ether oxygens (including phenoxy) is 6. The lowest BCUT2D eigenvalue weighted by atomic mass is 9.66. The lowest BCUT2D eigenvalue weighted by molar-refractivity contribution is 0.00722. The zero-order valence-electron chi connectivity index (χ0n) is 24.0. The van der Waals surface area contributed by atoms with Crippen LogP contribution in [-0.4, -0.2) is 64.6 Å². The molecule has 4 aliphatic heterocycles. The van der Waals surface area contributed by atoms with Crippen LogP contribution in [0.15, 0.2) is 84.9 Å². The largest absolute Gasteiger partial charge is 0.491 e. The second-order valence-electron chi connectivity index (χ2n) is 12.3. The molecule has 5 aliphatic rings. The molecule has 6 nitrogen and oxygen atoms in total. The minimum absolute atomic E-state index is 0.200. The van der Waals surface area contributed by atoms with Crippen LogP contribution in [0.4, 0.5) is 0 Å². The van der Waals surface area contributed by atoms with Gasteiger partial charge in [0.25, 0.3) is 0 Å². The summed E-state index contributed by atoms with van der Waals surface area (Å²) in [7, 11) is 0. The van der Waals surface area contributed by atoms with Gasteiger partial charge in [0, 0.05) is 17.9 Å². The average Bonchev–Trinajstić information content (AvgIpc) is 3.87. The van der Waals surface area contributed by atoms with Crippen molar-refractivity contribution in [1.82, 2.24) is 0 Å². The molecule has 0 bridgehead atoms. The van der Waals surface area contributed by atoms with Crippen LogP contribution in [0.1, 0.15) is 39.3 Å². The molecule has 4 fully saturated rings. The SMILES string of the molecule is c1ccc2c(c1)-c1ccccc1C2(c1ccc(OCC2CO2)c(CC2CO2)c1)c1ccc(OCC2CO2)c(C2COC2)c1. The summed E-state index contributed by atoms with van der Waals surface area (Å²) in [4.78, 5) is 0. The Balaban J connectivity index is 1.24. The fourth-order valence-electron chi connectivity index (χ4n) is 6.91. The molecule has 0 spiro atoms. The fraction of sp³-hybridized carbons (Fsp3) is 0.351. The molecule has 0 N–H and O–H groups in total. The van der Waals surface area contributed by atoms with Gasteiger partial charge in [-0.2, -0.15) is 0 Å². The van der Waals surface area contributed by atoms with Gasteiger partial charge in [-0.1, -0.05) is 72.8 Å². The highest BCUT2D eigenvalue weighted by atomic mass is 16.6. The van der Waals surface area contributed by atoms with Crippen LogP contribution in [0.5, 0.6) is 11.5 Å². The highest BCUT2D eigenvalue weighted by Crippen LogP contribution is 2.57. The first kappa shape index (κ1) is 25.8. The number of epoxide rings is 3. The molecular formula is C37H34O6. The van der Waals surface area contributed by atoms with Crippen molar-refractivity contribution in [3.63, 3.8) is 0 Å². The molecule has 6 heteroatoms. The van der Waals surface area contributed by atoms with Crippen LogP contribution < -0.4 is 9.47 Å². The molecule has 1 aliphatic carbocycles. The third kappa shape index (κ3) is 4.56. The first-order valence-corrected chi connectivity index (χ1v) is 15.4. The third-order valence-corrected chi connectivity index (χ3v) is 9.47. The van der Waals surface area contributed by atoms with Gasteiger partial charge in [0.15, 0.2) is 0 Å². The summed E-state index contributed by atoms with van der Waals surface area (Å²) in [6, 6.07) is 31.4. The predicted molar refractivity (Wildman–Crippen MR) is 161 cm³/mol. The van der Waals surface area contributed by atoms with E-state index < -0.39 is 5.41 Å². The van der Waals surface area contributed by atoms with Crippen molar-refractivity contribution >= 4 is 0 Å². The molecule has 3 unspecified atom stereocenters. The highest BCUT2D eigenvalue weighted by Gasteiger charge is 2.47. The molecular weight excluding hydrogens is 540 g/mol. The Bertz CT molecular complexity index is 1640. The average molecular weight is 575 g/mol. The molecule has 0 amide bonds. The molecule has 4 aromatic rings. The lowest BCUT2D eigenvalue weighted by Crippen LogP contribution is -2.30. The van der Waals surface area contributed by atoms with Gasteiger partial charge in [-0.25, -0.2) is 0 Å². The van der Waals surface area contributed by atoms with E-state index in [2.05, 4.69) is 84.9 Å². The van der Waals surface area contributed by atoms with E-state index in [4.69, 9.17) is 28.4 Å². The zero-order valence-corrected chi connectivity index (χ0v) is 24.0. The minimum atomic E-state index is -0.512. The second-order valence-corrected chi connectivity index (χ2v) is 12.3. The molecule has 4 aromatic carbocycles. The molecule has 0 saturated carbocycles. The van der Waals surface area contributed by atoms with Crippen LogP contribution in [-0.2, 0) is 30.8 Å². The Kier molecular flexibility index (Phi) is 6.12. The fourth-order valence-corrected chi connectivity index (χ4v) is 6.91. The number of fused-ring (bicyclic) bond motifs is 3. The van der Waals surface area contributed by atoms with E-state index in [0.717, 1.165) is 37.7 Å². The quantitative estimate of drug-likeness (QED) is 0.190. The minimum Gasteiger partial charge on any atom is -0.491 e. The summed E-state index contributed by atoms with van der Waals surface area (Å²) >= 11 is 0. The van der Waals surface area contributed by atoms with Crippen molar-refractivity contribution in [2.75, 3.05) is 46.2 Å². The van der Waals surface area contributed by atoms with E-state index in [1.165, 1.54) is 44.5 Å². The van der Waals surface area contributed by atoms with Gasteiger partial charge in [0.2, 0.25) is 0 Å². The second kappa shape index (κ2) is 10.2. The molecule has 4 saturated heterocycles. The monoisotopic (exact) mass is 574 g/mol. The Morgan fingerprint density at radius 2 is 1.16 bits per heavy atom. The van der Waals surface area contributed by atoms with Gasteiger partial charge in [-0.15, -0.1) is 0 Å². The third-order valence-electron chi connectivity index (χ3n) is 9.47. The van der Waals surface area contributed by atoms with Crippen LogP contribution >= 0.6 is 0 Å². The highest BCUT2D eigenvalue weighted by molar-refractivity contribution is 5.86. The van der Waals surface area contributed by atoms with Crippen molar-refractivity contribution in [3.05, 3.63) is 118 Å². The van der Waals surface area contributed by atoms with Gasteiger partial charge in [-0.3, -0.25) is 0 Å². The van der Waals surface area contributed by atoms with Gasteiger partial charge >= 0.3 is 0 Å². The van der Waals surface area contributed by atoms with Gasteiger partial charge < -0.3 is 28.4 Å². The van der Waals surface area contributed by atoms with Crippen LogP contribution in [0.2, 0.25) is 0 Å². The summed E-state index contributed by atoms with van der Waals surface area (Å²) in [5.41, 5.74) is 9.47. The smallest absolute Gasteiger partial charge is 0.123 e. The topological polar surface area (TPSA) is 65.3 Å². The number of hydrogen-bond acceptors (Lipinski definition) is 6. The maximum atomic E-state index is 6.33. The summed E-state index contributed by atoms with van der Waals surface area (Å²) in [5.74, 6) is 2.16. The van der Waals surface area contributed by atoms with Gasteiger partial charge in [0.1, 0.15) is 36.9 Å². The Labute approximate surface area is 251 Å². The van der Waals surface area contributed by atoms with Gasteiger partial charge in [0.05, 0.1) is 44.6 Å². The van der Waals surface area contributed by atoms with Crippen LogP contribution in [0.25, 0.3) is 11.1 Å². The molecule has 0 radical (unpaired) electrons. The Hall–Kier alpha value is -3.68. The standard InChI is InChI=1S/C37H34O6/c1-3-7-33-30(5-1)31-6-2-4-8-34(31)37(33,25-9-11-35(42-21-28-19-40-28)23(13-25)14-27-18-39-27)26-10-12-36(43-22-29-20-41-29)32(15-26)24-16-38-17-24/h1-13,15,24,27-29H,14,16-22H2. The number of rotatable bonds is 11. The Morgan fingerprint density at radius 3 is 1.74 bits per heavy atom. The van der Waals surface area contributed by atoms with Crippen molar-refractivity contribution in [2.24, 2.45) is 0 Å². The predicted octanol–water partition coefficient (Wildman–Crippen LogP) is 5.66. The maximum absolute atomic E-state index is 6.33. The van der Waals surface area contributed by atoms with E-state index in [-0.39, 0.29) is 18.3 Å².